The number of hydrogen-bond donors (Lipinski definition) is 2. The number of hydrogen-bond acceptors (Lipinski definition) is 4. The van der Waals surface area contributed by atoms with Gasteiger partial charge in [0, 0.05) is 32.2 Å². The second-order valence-corrected chi connectivity index (χ2v) is 5.16. The van der Waals surface area contributed by atoms with Gasteiger partial charge in [0.05, 0.1) is 13.2 Å². The smallest absolute Gasteiger partial charge is 0.303 e. The van der Waals surface area contributed by atoms with Crippen molar-refractivity contribution in [3.63, 3.8) is 0 Å². The van der Waals surface area contributed by atoms with Gasteiger partial charge in [-0.1, -0.05) is 0 Å². The molecule has 1 heterocycles. The van der Waals surface area contributed by atoms with Crippen LogP contribution in [-0.4, -0.2) is 72.1 Å². The molecule has 1 unspecified atom stereocenters. The molecular weight excluding hydrogens is 235 g/mol. The minimum Gasteiger partial charge on any atom is -0.303 e. The van der Waals surface area contributed by atoms with E-state index in [0.717, 1.165) is 13.1 Å². The molecule has 0 amide bonds. The van der Waals surface area contributed by atoms with E-state index in [9.17, 15) is 9.67 Å². The van der Waals surface area contributed by atoms with Crippen molar-refractivity contribution in [3.05, 3.63) is 0 Å². The molecule has 1 aliphatic rings. The monoisotopic (exact) mass is 253 g/mol. The van der Waals surface area contributed by atoms with Crippen molar-refractivity contribution in [3.8, 4) is 0 Å². The molecule has 16 heavy (non-hydrogen) atoms. The van der Waals surface area contributed by atoms with Crippen LogP contribution in [0.4, 0.5) is 0 Å². The summed E-state index contributed by atoms with van der Waals surface area (Å²) in [6, 6.07) is -0.0760. The van der Waals surface area contributed by atoms with Crippen LogP contribution in [-0.2, 0) is 14.2 Å². The summed E-state index contributed by atoms with van der Waals surface area (Å²) in [5, 5.41) is 10.5. The van der Waals surface area contributed by atoms with Crippen LogP contribution in [0.1, 0.15) is 0 Å². The average molecular weight is 253 g/mol. The van der Waals surface area contributed by atoms with Gasteiger partial charge in [-0.3, -0.25) is 14.3 Å². The SMILES string of the molecule is CN1CCN(CC[O])CC1COP(=O)(O)O. The highest BCUT2D eigenvalue weighted by Crippen LogP contribution is 2.36. The fraction of sp³-hybridized carbons (Fsp3) is 1.00. The molecule has 0 aromatic heterocycles. The Hall–Kier alpha value is -0.0100. The maximum absolute atomic E-state index is 10.6. The zero-order chi connectivity index (χ0) is 12.2. The molecule has 1 radical (unpaired) electrons. The third-order valence-electron chi connectivity index (χ3n) is 2.70. The molecule has 0 aliphatic carbocycles. The summed E-state index contributed by atoms with van der Waals surface area (Å²) in [5.74, 6) is 0. The van der Waals surface area contributed by atoms with Gasteiger partial charge < -0.3 is 9.79 Å². The molecule has 0 aromatic carbocycles. The molecular formula is C8H18N2O5P. The van der Waals surface area contributed by atoms with E-state index >= 15 is 0 Å². The van der Waals surface area contributed by atoms with Crippen molar-refractivity contribution < 1.29 is 24.0 Å². The fourth-order valence-electron chi connectivity index (χ4n) is 1.71. The van der Waals surface area contributed by atoms with Crippen molar-refractivity contribution in [2.24, 2.45) is 0 Å². The van der Waals surface area contributed by atoms with E-state index in [4.69, 9.17) is 9.79 Å². The molecule has 2 N–H and O–H groups in total. The van der Waals surface area contributed by atoms with Gasteiger partial charge >= 0.3 is 7.82 Å². The Bertz CT molecular complexity index is 259. The summed E-state index contributed by atoms with van der Waals surface area (Å²) in [4.78, 5) is 21.2. The topological polar surface area (TPSA) is 93.1 Å². The molecule has 1 saturated heterocycles. The first-order chi connectivity index (χ1) is 7.42. The van der Waals surface area contributed by atoms with Gasteiger partial charge in [0.2, 0.25) is 0 Å². The zero-order valence-corrected chi connectivity index (χ0v) is 10.2. The van der Waals surface area contributed by atoms with Gasteiger partial charge in [-0.2, -0.15) is 0 Å². The Kier molecular flexibility index (Phi) is 5.33. The Morgan fingerprint density at radius 1 is 1.44 bits per heavy atom. The van der Waals surface area contributed by atoms with Crippen molar-refractivity contribution in [1.29, 1.82) is 0 Å². The Morgan fingerprint density at radius 3 is 2.69 bits per heavy atom. The normalized spacial score (nSPS) is 24.9. The molecule has 0 saturated carbocycles. The minimum absolute atomic E-state index is 0.0177. The third kappa shape index (κ3) is 4.88. The third-order valence-corrected chi connectivity index (χ3v) is 3.19. The van der Waals surface area contributed by atoms with E-state index in [1.807, 2.05) is 16.8 Å². The van der Waals surface area contributed by atoms with Gasteiger partial charge in [0.25, 0.3) is 0 Å². The van der Waals surface area contributed by atoms with Crippen molar-refractivity contribution in [2.75, 3.05) is 46.4 Å². The van der Waals surface area contributed by atoms with Gasteiger partial charge in [-0.05, 0) is 7.05 Å². The van der Waals surface area contributed by atoms with E-state index in [0.29, 0.717) is 13.1 Å². The second-order valence-electron chi connectivity index (χ2n) is 3.93. The first kappa shape index (κ1) is 14.1. The summed E-state index contributed by atoms with van der Waals surface area (Å²) < 4.78 is 15.1. The molecule has 1 aliphatic heterocycles. The largest absolute Gasteiger partial charge is 0.469 e. The van der Waals surface area contributed by atoms with Crippen LogP contribution in [0, 0.1) is 0 Å². The molecule has 7 nitrogen and oxygen atoms in total. The quantitative estimate of drug-likeness (QED) is 0.619. The van der Waals surface area contributed by atoms with Crippen molar-refractivity contribution >= 4 is 7.82 Å². The zero-order valence-electron chi connectivity index (χ0n) is 9.28. The summed E-state index contributed by atoms with van der Waals surface area (Å²) in [7, 11) is -2.52. The number of nitrogens with zero attached hydrogens (tertiary/aromatic N) is 2. The predicted molar refractivity (Wildman–Crippen MR) is 56.4 cm³/mol. The lowest BCUT2D eigenvalue weighted by Gasteiger charge is -2.38. The number of piperazine rings is 1. The summed E-state index contributed by atoms with van der Waals surface area (Å²) in [6.45, 7) is 2.49. The number of phosphoric acid groups is 1. The molecule has 0 spiro atoms. The van der Waals surface area contributed by atoms with E-state index in [1.165, 1.54) is 0 Å². The fourth-order valence-corrected chi connectivity index (χ4v) is 2.07. The lowest BCUT2D eigenvalue weighted by molar-refractivity contribution is 0.0396. The van der Waals surface area contributed by atoms with Crippen molar-refractivity contribution in [1.82, 2.24) is 9.80 Å². The van der Waals surface area contributed by atoms with Crippen LogP contribution in [0.3, 0.4) is 0 Å². The van der Waals surface area contributed by atoms with Gasteiger partial charge in [0.15, 0.2) is 0 Å². The Morgan fingerprint density at radius 2 is 2.12 bits per heavy atom. The Balaban J connectivity index is 2.40. The summed E-state index contributed by atoms with van der Waals surface area (Å²) in [6.07, 6.45) is 0. The van der Waals surface area contributed by atoms with Crippen LogP contribution in [0.5, 0.6) is 0 Å². The van der Waals surface area contributed by atoms with Gasteiger partial charge in [-0.15, -0.1) is 0 Å². The second kappa shape index (κ2) is 6.07. The highest BCUT2D eigenvalue weighted by atomic mass is 31.2. The lowest BCUT2D eigenvalue weighted by Crippen LogP contribution is -2.53. The minimum atomic E-state index is -4.40. The average Bonchev–Trinajstić information content (AvgIpc) is 2.18. The molecule has 8 heteroatoms. The van der Waals surface area contributed by atoms with Crippen LogP contribution < -0.4 is 0 Å². The maximum atomic E-state index is 10.6. The van der Waals surface area contributed by atoms with Crippen LogP contribution in [0.25, 0.3) is 0 Å². The molecule has 1 rings (SSSR count). The van der Waals surface area contributed by atoms with Gasteiger partial charge in [-0.25, -0.2) is 9.67 Å². The standard InChI is InChI=1S/C8H18N2O5P/c1-9-2-3-10(4-5-11)6-8(9)7-15-16(12,13)14/h8H,2-7H2,1H3,(H2,12,13,14). The molecule has 0 bridgehead atoms. The number of rotatable bonds is 5. The Labute approximate surface area is 94.9 Å². The summed E-state index contributed by atoms with van der Waals surface area (Å²) in [5.41, 5.74) is 0. The van der Waals surface area contributed by atoms with Crippen LogP contribution in [0.2, 0.25) is 0 Å². The highest BCUT2D eigenvalue weighted by Gasteiger charge is 2.26. The highest BCUT2D eigenvalue weighted by molar-refractivity contribution is 7.46. The lowest BCUT2D eigenvalue weighted by atomic mass is 10.2. The molecule has 1 fully saturated rings. The first-order valence-corrected chi connectivity index (χ1v) is 6.66. The van der Waals surface area contributed by atoms with E-state index in [-0.39, 0.29) is 19.3 Å². The molecule has 0 aromatic rings. The number of likely N-dealkylation sites (N-methyl/N-ethyl adjacent to an activating group) is 1. The maximum Gasteiger partial charge on any atom is 0.469 e. The first-order valence-electron chi connectivity index (χ1n) is 5.13. The van der Waals surface area contributed by atoms with Crippen LogP contribution >= 0.6 is 7.82 Å². The van der Waals surface area contributed by atoms with Crippen molar-refractivity contribution in [2.45, 2.75) is 6.04 Å². The molecule has 1 atom stereocenters. The van der Waals surface area contributed by atoms with Gasteiger partial charge in [0.1, 0.15) is 0 Å². The van der Waals surface area contributed by atoms with E-state index < -0.39 is 7.82 Å². The van der Waals surface area contributed by atoms with E-state index in [1.54, 1.807) is 0 Å². The molecule has 95 valence electrons. The summed E-state index contributed by atoms with van der Waals surface area (Å²) >= 11 is 0. The number of phosphoric ester groups is 1. The van der Waals surface area contributed by atoms with E-state index in [2.05, 4.69) is 4.52 Å². The van der Waals surface area contributed by atoms with Crippen LogP contribution in [0.15, 0.2) is 0 Å². The predicted octanol–water partition coefficient (Wildman–Crippen LogP) is -0.858.